The van der Waals surface area contributed by atoms with E-state index in [1.807, 2.05) is 71.3 Å². The summed E-state index contributed by atoms with van der Waals surface area (Å²) in [7, 11) is 0. The van der Waals surface area contributed by atoms with E-state index in [-0.39, 0.29) is 11.7 Å². The van der Waals surface area contributed by atoms with Crippen molar-refractivity contribution in [1.29, 1.82) is 0 Å². The standard InChI is InChI=1S/C36H32ClFN8O/c1-2-44-18-20-45(21-19-44)31-14-13-26(23-29(31)38)41-36-39-16-15-30(42-36)34-33(43-32-12-5-6-17-46(32)34)24-8-7-9-25(22-24)40-35(47)27-10-3-4-11-28(27)37/h3-17,22-23H,2,18-21H2,1H3,(H,40,47)(H,39,41,42). The third-order valence-corrected chi connectivity index (χ3v) is 8.63. The molecule has 47 heavy (non-hydrogen) atoms. The molecule has 2 N–H and O–H groups in total. The molecule has 4 heterocycles. The van der Waals surface area contributed by atoms with Gasteiger partial charge in [-0.15, -0.1) is 0 Å². The van der Waals surface area contributed by atoms with Crippen LogP contribution in [0.5, 0.6) is 0 Å². The Labute approximate surface area is 276 Å². The van der Waals surface area contributed by atoms with Crippen LogP contribution in [-0.2, 0) is 0 Å². The Morgan fingerprint density at radius 1 is 0.894 bits per heavy atom. The molecule has 9 nitrogen and oxygen atoms in total. The van der Waals surface area contributed by atoms with Crippen molar-refractivity contribution in [1.82, 2.24) is 24.3 Å². The number of carbonyl (C=O) groups excluding carboxylic acids is 1. The quantitative estimate of drug-likeness (QED) is 0.178. The van der Waals surface area contributed by atoms with Gasteiger partial charge in [-0.1, -0.05) is 48.9 Å². The number of nitrogens with one attached hydrogen (secondary N) is 2. The van der Waals surface area contributed by atoms with Crippen LogP contribution in [0, 0.1) is 5.82 Å². The predicted molar refractivity (Wildman–Crippen MR) is 185 cm³/mol. The fraction of sp³-hybridized carbons (Fsp3) is 0.167. The number of pyridine rings is 1. The zero-order valence-electron chi connectivity index (χ0n) is 25.7. The molecule has 1 aliphatic rings. The number of imidazole rings is 1. The lowest BCUT2D eigenvalue weighted by Gasteiger charge is -2.35. The van der Waals surface area contributed by atoms with Gasteiger partial charge >= 0.3 is 0 Å². The molecule has 1 saturated heterocycles. The molecule has 11 heteroatoms. The first-order valence-corrected chi connectivity index (χ1v) is 15.9. The van der Waals surface area contributed by atoms with E-state index in [9.17, 15) is 4.79 Å². The smallest absolute Gasteiger partial charge is 0.257 e. The van der Waals surface area contributed by atoms with Crippen LogP contribution in [0.3, 0.4) is 0 Å². The van der Waals surface area contributed by atoms with Crippen molar-refractivity contribution >= 4 is 46.2 Å². The van der Waals surface area contributed by atoms with Gasteiger partial charge in [0.1, 0.15) is 11.5 Å². The Bertz CT molecular complexity index is 2070. The molecule has 6 aromatic rings. The molecule has 0 unspecified atom stereocenters. The van der Waals surface area contributed by atoms with Gasteiger partial charge in [0, 0.05) is 55.5 Å². The summed E-state index contributed by atoms with van der Waals surface area (Å²) in [6.07, 6.45) is 3.59. The molecule has 0 radical (unpaired) electrons. The molecule has 0 saturated carbocycles. The number of hydrogen-bond donors (Lipinski definition) is 2. The lowest BCUT2D eigenvalue weighted by molar-refractivity contribution is 0.102. The predicted octanol–water partition coefficient (Wildman–Crippen LogP) is 7.39. The van der Waals surface area contributed by atoms with Crippen LogP contribution >= 0.6 is 11.6 Å². The lowest BCUT2D eigenvalue weighted by Crippen LogP contribution is -2.46. The molecule has 236 valence electrons. The Morgan fingerprint density at radius 3 is 2.53 bits per heavy atom. The number of piperazine rings is 1. The minimum atomic E-state index is -0.307. The van der Waals surface area contributed by atoms with Gasteiger partial charge in [-0.2, -0.15) is 0 Å². The van der Waals surface area contributed by atoms with E-state index in [1.54, 1.807) is 30.5 Å². The van der Waals surface area contributed by atoms with E-state index in [0.29, 0.717) is 45.0 Å². The van der Waals surface area contributed by atoms with Crippen molar-refractivity contribution in [2.75, 3.05) is 48.3 Å². The number of benzene rings is 3. The van der Waals surface area contributed by atoms with Gasteiger partial charge in [-0.05, 0) is 67.2 Å². The van der Waals surface area contributed by atoms with Crippen LogP contribution in [0.4, 0.5) is 27.4 Å². The second kappa shape index (κ2) is 13.2. The minimum Gasteiger partial charge on any atom is -0.367 e. The van der Waals surface area contributed by atoms with Gasteiger partial charge in [0.15, 0.2) is 0 Å². The summed E-state index contributed by atoms with van der Waals surface area (Å²) in [5.41, 5.74) is 5.68. The van der Waals surface area contributed by atoms with Crippen molar-refractivity contribution < 1.29 is 9.18 Å². The maximum atomic E-state index is 15.3. The summed E-state index contributed by atoms with van der Waals surface area (Å²) in [6, 6.07) is 27.1. The van der Waals surface area contributed by atoms with Gasteiger partial charge in [0.25, 0.3) is 5.91 Å². The number of likely N-dealkylation sites (N-methyl/N-ethyl adjacent to an activating group) is 1. The van der Waals surface area contributed by atoms with E-state index in [2.05, 4.69) is 32.3 Å². The van der Waals surface area contributed by atoms with Gasteiger partial charge in [0.05, 0.1) is 33.4 Å². The van der Waals surface area contributed by atoms with Crippen molar-refractivity contribution in [2.24, 2.45) is 0 Å². The highest BCUT2D eigenvalue weighted by Crippen LogP contribution is 2.34. The Balaban J connectivity index is 1.17. The Morgan fingerprint density at radius 2 is 1.72 bits per heavy atom. The summed E-state index contributed by atoms with van der Waals surface area (Å²) in [6.45, 7) is 6.58. The minimum absolute atomic E-state index is 0.290. The van der Waals surface area contributed by atoms with Crippen molar-refractivity contribution in [3.8, 4) is 22.6 Å². The average molecular weight is 647 g/mol. The normalized spacial score (nSPS) is 13.6. The zero-order valence-corrected chi connectivity index (χ0v) is 26.5. The van der Waals surface area contributed by atoms with Gasteiger partial charge in [0.2, 0.25) is 5.95 Å². The van der Waals surface area contributed by atoms with Crippen LogP contribution in [0.1, 0.15) is 17.3 Å². The zero-order chi connectivity index (χ0) is 32.3. The van der Waals surface area contributed by atoms with Gasteiger partial charge in [-0.25, -0.2) is 19.3 Å². The van der Waals surface area contributed by atoms with Crippen LogP contribution in [-0.4, -0.2) is 62.9 Å². The molecule has 1 aliphatic heterocycles. The number of aromatic nitrogens is 4. The van der Waals surface area contributed by atoms with Crippen LogP contribution in [0.25, 0.3) is 28.3 Å². The highest BCUT2D eigenvalue weighted by molar-refractivity contribution is 6.34. The number of anilines is 4. The van der Waals surface area contributed by atoms with E-state index in [1.165, 1.54) is 6.07 Å². The second-order valence-corrected chi connectivity index (χ2v) is 11.6. The summed E-state index contributed by atoms with van der Waals surface area (Å²) in [4.78, 5) is 31.6. The van der Waals surface area contributed by atoms with Crippen molar-refractivity contribution in [3.05, 3.63) is 120 Å². The molecule has 0 aliphatic carbocycles. The third kappa shape index (κ3) is 6.38. The maximum absolute atomic E-state index is 15.3. The first-order chi connectivity index (χ1) is 23.0. The summed E-state index contributed by atoms with van der Waals surface area (Å²) in [5, 5.41) is 6.49. The molecule has 3 aromatic carbocycles. The second-order valence-electron chi connectivity index (χ2n) is 11.2. The Hall–Kier alpha value is -5.32. The van der Waals surface area contributed by atoms with Crippen LogP contribution in [0.15, 0.2) is 103 Å². The molecule has 7 rings (SSSR count). The van der Waals surface area contributed by atoms with Gasteiger partial charge < -0.3 is 20.4 Å². The summed E-state index contributed by atoms with van der Waals surface area (Å²) >= 11 is 6.25. The van der Waals surface area contributed by atoms with Crippen molar-refractivity contribution in [3.63, 3.8) is 0 Å². The highest BCUT2D eigenvalue weighted by atomic mass is 35.5. The molecule has 0 spiro atoms. The monoisotopic (exact) mass is 646 g/mol. The molecular formula is C36H32ClFN8O. The third-order valence-electron chi connectivity index (χ3n) is 8.30. The first kappa shape index (κ1) is 30.3. The number of hydrogen-bond acceptors (Lipinski definition) is 7. The Kier molecular flexibility index (Phi) is 8.52. The molecule has 0 atom stereocenters. The fourth-order valence-electron chi connectivity index (χ4n) is 5.86. The fourth-order valence-corrected chi connectivity index (χ4v) is 6.08. The molecule has 1 amide bonds. The van der Waals surface area contributed by atoms with Crippen LogP contribution in [0.2, 0.25) is 5.02 Å². The number of fused-ring (bicyclic) bond motifs is 1. The molecule has 1 fully saturated rings. The number of rotatable bonds is 8. The number of halogens is 2. The van der Waals surface area contributed by atoms with E-state index < -0.39 is 0 Å². The van der Waals surface area contributed by atoms with E-state index >= 15 is 4.39 Å². The highest BCUT2D eigenvalue weighted by Gasteiger charge is 2.21. The van der Waals surface area contributed by atoms with Gasteiger partial charge in [-0.3, -0.25) is 9.20 Å². The SMILES string of the molecule is CCN1CCN(c2ccc(Nc3nccc(-c4c(-c5cccc(NC(=O)c6ccccc6Cl)c5)nc5ccccn45)n3)cc2F)CC1. The maximum Gasteiger partial charge on any atom is 0.257 e. The number of nitrogens with zero attached hydrogens (tertiary/aromatic N) is 6. The average Bonchev–Trinajstić information content (AvgIpc) is 3.49. The van der Waals surface area contributed by atoms with E-state index in [4.69, 9.17) is 21.6 Å². The molecule has 0 bridgehead atoms. The molecular weight excluding hydrogens is 615 g/mol. The number of amides is 1. The summed E-state index contributed by atoms with van der Waals surface area (Å²) in [5.74, 6) is -0.275. The van der Waals surface area contributed by atoms with Crippen LogP contribution < -0.4 is 15.5 Å². The molecule has 3 aromatic heterocycles. The topological polar surface area (TPSA) is 90.7 Å². The largest absolute Gasteiger partial charge is 0.367 e. The summed E-state index contributed by atoms with van der Waals surface area (Å²) < 4.78 is 17.2. The lowest BCUT2D eigenvalue weighted by atomic mass is 10.1. The first-order valence-electron chi connectivity index (χ1n) is 15.5. The van der Waals surface area contributed by atoms with E-state index in [0.717, 1.165) is 49.6 Å². The van der Waals surface area contributed by atoms with Crippen molar-refractivity contribution in [2.45, 2.75) is 6.92 Å². The number of carbonyl (C=O) groups is 1.